The summed E-state index contributed by atoms with van der Waals surface area (Å²) in [5, 5.41) is 8.87. The molecule has 1 aliphatic heterocycles. The smallest absolute Gasteiger partial charge is 0.237 e. The second kappa shape index (κ2) is 6.29. The van der Waals surface area contributed by atoms with Gasteiger partial charge in [0.25, 0.3) is 0 Å². The first kappa shape index (κ1) is 14.2. The predicted molar refractivity (Wildman–Crippen MR) is 81.7 cm³/mol. The number of carbonyl (C=O) groups is 2. The van der Waals surface area contributed by atoms with Crippen molar-refractivity contribution < 1.29 is 9.59 Å². The average molecular weight is 289 g/mol. The molecule has 5 nitrogen and oxygen atoms in total. The number of hydrogen-bond donors (Lipinski definition) is 3. The highest BCUT2D eigenvalue weighted by molar-refractivity contribution is 7.80. The van der Waals surface area contributed by atoms with Crippen molar-refractivity contribution in [2.75, 3.05) is 18.4 Å². The standard InChI is InChI=1S/C14H15N3O2S/c1-2-7-15-14(20)16-8-10-12(18)9-5-3-4-6-11(9)17-13(10)19/h2-6,10H,1,7-8H2,(H,17,19)(H2,15,16,20)/t10-/m0/s1. The van der Waals surface area contributed by atoms with Crippen LogP contribution >= 0.6 is 12.2 Å². The first-order chi connectivity index (χ1) is 9.63. The van der Waals surface area contributed by atoms with E-state index in [9.17, 15) is 9.59 Å². The molecule has 0 fully saturated rings. The van der Waals surface area contributed by atoms with Crippen molar-refractivity contribution in [3.63, 3.8) is 0 Å². The maximum absolute atomic E-state index is 12.3. The van der Waals surface area contributed by atoms with Crippen LogP contribution in [0.25, 0.3) is 0 Å². The average Bonchev–Trinajstić information content (AvgIpc) is 2.45. The Morgan fingerprint density at radius 1 is 1.35 bits per heavy atom. The van der Waals surface area contributed by atoms with Gasteiger partial charge >= 0.3 is 0 Å². The summed E-state index contributed by atoms with van der Waals surface area (Å²) in [4.78, 5) is 24.2. The van der Waals surface area contributed by atoms with Crippen LogP contribution in [0.1, 0.15) is 10.4 Å². The number of ketones is 1. The fraction of sp³-hybridized carbons (Fsp3) is 0.214. The number of para-hydroxylation sites is 1. The molecule has 6 heteroatoms. The Hall–Kier alpha value is -2.21. The van der Waals surface area contributed by atoms with Crippen molar-refractivity contribution in [2.24, 2.45) is 5.92 Å². The summed E-state index contributed by atoms with van der Waals surface area (Å²) in [7, 11) is 0. The molecular weight excluding hydrogens is 274 g/mol. The van der Waals surface area contributed by atoms with E-state index in [2.05, 4.69) is 22.5 Å². The molecule has 1 aromatic carbocycles. The highest BCUT2D eigenvalue weighted by Gasteiger charge is 2.33. The van der Waals surface area contributed by atoms with E-state index in [1.807, 2.05) is 0 Å². The number of thiocarbonyl (C=S) groups is 1. The van der Waals surface area contributed by atoms with Gasteiger partial charge < -0.3 is 16.0 Å². The summed E-state index contributed by atoms with van der Waals surface area (Å²) in [6.07, 6.45) is 1.67. The van der Waals surface area contributed by atoms with Crippen LogP contribution in [0.4, 0.5) is 5.69 Å². The summed E-state index contributed by atoms with van der Waals surface area (Å²) in [5.41, 5.74) is 1.09. The summed E-state index contributed by atoms with van der Waals surface area (Å²) in [6, 6.07) is 6.97. The van der Waals surface area contributed by atoms with E-state index in [0.29, 0.717) is 22.9 Å². The highest BCUT2D eigenvalue weighted by Crippen LogP contribution is 2.24. The predicted octanol–water partition coefficient (Wildman–Crippen LogP) is 1.09. The lowest BCUT2D eigenvalue weighted by Gasteiger charge is -2.23. The lowest BCUT2D eigenvalue weighted by atomic mass is 9.91. The van der Waals surface area contributed by atoms with Gasteiger partial charge in [0.05, 0.1) is 5.69 Å². The highest BCUT2D eigenvalue weighted by atomic mass is 32.1. The zero-order valence-electron chi connectivity index (χ0n) is 10.8. The number of Topliss-reactive ketones (excluding diaryl/α,β-unsaturated/α-hetero) is 1. The number of amides is 1. The van der Waals surface area contributed by atoms with Crippen LogP contribution < -0.4 is 16.0 Å². The molecule has 0 bridgehead atoms. The summed E-state index contributed by atoms with van der Waals surface area (Å²) in [6.45, 7) is 4.26. The molecule has 1 atom stereocenters. The SMILES string of the molecule is C=CCNC(=S)NC[C@@H]1C(=O)Nc2ccccc2C1=O. The van der Waals surface area contributed by atoms with Gasteiger partial charge in [0, 0.05) is 18.7 Å². The van der Waals surface area contributed by atoms with Gasteiger partial charge in [0.1, 0.15) is 5.92 Å². The molecule has 1 aromatic rings. The lowest BCUT2D eigenvalue weighted by Crippen LogP contribution is -2.45. The van der Waals surface area contributed by atoms with Crippen LogP contribution in [0.5, 0.6) is 0 Å². The van der Waals surface area contributed by atoms with Gasteiger partial charge in [-0.3, -0.25) is 9.59 Å². The zero-order valence-corrected chi connectivity index (χ0v) is 11.6. The van der Waals surface area contributed by atoms with Crippen molar-refractivity contribution >= 4 is 34.7 Å². The topological polar surface area (TPSA) is 70.2 Å². The van der Waals surface area contributed by atoms with Crippen LogP contribution in [0.15, 0.2) is 36.9 Å². The third-order valence-electron chi connectivity index (χ3n) is 2.96. The van der Waals surface area contributed by atoms with Crippen molar-refractivity contribution in [3.05, 3.63) is 42.5 Å². The number of hydrogen-bond acceptors (Lipinski definition) is 3. The zero-order chi connectivity index (χ0) is 14.5. The van der Waals surface area contributed by atoms with Gasteiger partial charge in [-0.05, 0) is 24.4 Å². The monoisotopic (exact) mass is 289 g/mol. The molecule has 104 valence electrons. The van der Waals surface area contributed by atoms with Crippen LogP contribution in [-0.4, -0.2) is 29.9 Å². The second-order valence-corrected chi connectivity index (χ2v) is 4.74. The summed E-state index contributed by atoms with van der Waals surface area (Å²) < 4.78 is 0. The van der Waals surface area contributed by atoms with E-state index in [-0.39, 0.29) is 18.2 Å². The maximum atomic E-state index is 12.3. The van der Waals surface area contributed by atoms with Crippen molar-refractivity contribution in [2.45, 2.75) is 0 Å². The Labute approximate surface area is 122 Å². The van der Waals surface area contributed by atoms with Gasteiger partial charge in [0.2, 0.25) is 5.91 Å². The molecular formula is C14H15N3O2S. The van der Waals surface area contributed by atoms with Crippen LogP contribution in [0, 0.1) is 5.92 Å². The third kappa shape index (κ3) is 3.03. The quantitative estimate of drug-likeness (QED) is 0.440. The van der Waals surface area contributed by atoms with E-state index in [1.165, 1.54) is 0 Å². The molecule has 0 saturated carbocycles. The molecule has 2 rings (SSSR count). The number of nitrogens with one attached hydrogen (secondary N) is 3. The van der Waals surface area contributed by atoms with E-state index >= 15 is 0 Å². The Kier molecular flexibility index (Phi) is 4.47. The minimum absolute atomic E-state index is 0.169. The van der Waals surface area contributed by atoms with Crippen LogP contribution in [-0.2, 0) is 4.79 Å². The number of anilines is 1. The fourth-order valence-corrected chi connectivity index (χ4v) is 2.11. The molecule has 1 aliphatic rings. The van der Waals surface area contributed by atoms with E-state index in [4.69, 9.17) is 12.2 Å². The Balaban J connectivity index is 2.03. The van der Waals surface area contributed by atoms with E-state index in [1.54, 1.807) is 30.3 Å². The number of benzene rings is 1. The molecule has 1 amide bonds. The van der Waals surface area contributed by atoms with Gasteiger partial charge in [-0.2, -0.15) is 0 Å². The number of fused-ring (bicyclic) bond motifs is 1. The Bertz CT molecular complexity index is 571. The lowest BCUT2D eigenvalue weighted by molar-refractivity contribution is -0.118. The number of rotatable bonds is 4. The molecule has 3 N–H and O–H groups in total. The molecule has 0 saturated heterocycles. The minimum Gasteiger partial charge on any atom is -0.361 e. The third-order valence-corrected chi connectivity index (χ3v) is 3.25. The van der Waals surface area contributed by atoms with Gasteiger partial charge in [-0.25, -0.2) is 0 Å². The normalized spacial score (nSPS) is 16.9. The van der Waals surface area contributed by atoms with Crippen molar-refractivity contribution in [3.8, 4) is 0 Å². The molecule has 20 heavy (non-hydrogen) atoms. The minimum atomic E-state index is -0.770. The Morgan fingerprint density at radius 2 is 2.10 bits per heavy atom. The summed E-state index contributed by atoms with van der Waals surface area (Å²) in [5.74, 6) is -1.27. The summed E-state index contributed by atoms with van der Waals surface area (Å²) >= 11 is 5.03. The Morgan fingerprint density at radius 3 is 2.85 bits per heavy atom. The first-order valence-corrected chi connectivity index (χ1v) is 6.61. The molecule has 1 heterocycles. The maximum Gasteiger partial charge on any atom is 0.237 e. The van der Waals surface area contributed by atoms with Gasteiger partial charge in [-0.1, -0.05) is 18.2 Å². The van der Waals surface area contributed by atoms with Gasteiger partial charge in [-0.15, -0.1) is 6.58 Å². The molecule has 0 aromatic heterocycles. The number of carbonyl (C=O) groups excluding carboxylic acids is 2. The fourth-order valence-electron chi connectivity index (χ4n) is 1.94. The van der Waals surface area contributed by atoms with Crippen molar-refractivity contribution in [1.29, 1.82) is 0 Å². The largest absolute Gasteiger partial charge is 0.361 e. The van der Waals surface area contributed by atoms with Crippen LogP contribution in [0.3, 0.4) is 0 Å². The van der Waals surface area contributed by atoms with E-state index in [0.717, 1.165) is 0 Å². The molecule has 0 aliphatic carbocycles. The molecule has 0 spiro atoms. The first-order valence-electron chi connectivity index (χ1n) is 6.20. The van der Waals surface area contributed by atoms with Gasteiger partial charge in [0.15, 0.2) is 10.9 Å². The van der Waals surface area contributed by atoms with Crippen LogP contribution in [0.2, 0.25) is 0 Å². The second-order valence-electron chi connectivity index (χ2n) is 4.33. The molecule has 0 unspecified atom stereocenters. The molecule has 0 radical (unpaired) electrons. The van der Waals surface area contributed by atoms with Crippen molar-refractivity contribution in [1.82, 2.24) is 10.6 Å². The van der Waals surface area contributed by atoms with E-state index < -0.39 is 5.92 Å².